The summed E-state index contributed by atoms with van der Waals surface area (Å²) >= 11 is 0. The van der Waals surface area contributed by atoms with Crippen LogP contribution in [-0.2, 0) is 20.7 Å². The Bertz CT molecular complexity index is 619. The molecule has 1 unspecified atom stereocenters. The van der Waals surface area contributed by atoms with Gasteiger partial charge in [0.05, 0.1) is 13.0 Å². The monoisotopic (exact) mass is 358 g/mol. The van der Waals surface area contributed by atoms with E-state index in [4.69, 9.17) is 4.74 Å². The van der Waals surface area contributed by atoms with Gasteiger partial charge in [-0.3, -0.25) is 9.59 Å². The highest BCUT2D eigenvalue weighted by Gasteiger charge is 2.52. The van der Waals surface area contributed by atoms with Crippen LogP contribution in [0.1, 0.15) is 44.6 Å². The SMILES string of the molecule is CCOCCC(=O)N1CCCC12CCCN(CCc1ccccc1)C2=O. The molecular weight excluding hydrogens is 328 g/mol. The maximum absolute atomic E-state index is 13.3. The minimum atomic E-state index is -0.599. The highest BCUT2D eigenvalue weighted by atomic mass is 16.5. The van der Waals surface area contributed by atoms with Crippen molar-refractivity contribution in [2.45, 2.75) is 51.0 Å². The van der Waals surface area contributed by atoms with E-state index in [1.807, 2.05) is 34.9 Å². The number of carbonyl (C=O) groups is 2. The lowest BCUT2D eigenvalue weighted by molar-refractivity contribution is -0.155. The van der Waals surface area contributed by atoms with Crippen LogP contribution >= 0.6 is 0 Å². The smallest absolute Gasteiger partial charge is 0.248 e. The van der Waals surface area contributed by atoms with Gasteiger partial charge in [0.1, 0.15) is 5.54 Å². The van der Waals surface area contributed by atoms with Gasteiger partial charge in [0.2, 0.25) is 11.8 Å². The van der Waals surface area contributed by atoms with Crippen molar-refractivity contribution in [3.8, 4) is 0 Å². The average molecular weight is 358 g/mol. The van der Waals surface area contributed by atoms with E-state index in [0.29, 0.717) is 26.2 Å². The first-order chi connectivity index (χ1) is 12.7. The van der Waals surface area contributed by atoms with Gasteiger partial charge in [0.25, 0.3) is 0 Å². The fraction of sp³-hybridized carbons (Fsp3) is 0.619. The molecule has 0 bridgehead atoms. The van der Waals surface area contributed by atoms with Gasteiger partial charge in [-0.15, -0.1) is 0 Å². The van der Waals surface area contributed by atoms with Crippen LogP contribution in [-0.4, -0.2) is 60.0 Å². The molecule has 2 fully saturated rings. The van der Waals surface area contributed by atoms with Crippen LogP contribution in [0.3, 0.4) is 0 Å². The first kappa shape index (κ1) is 18.9. The third-order valence-corrected chi connectivity index (χ3v) is 5.67. The highest BCUT2D eigenvalue weighted by Crippen LogP contribution is 2.38. The van der Waals surface area contributed by atoms with Gasteiger partial charge in [0, 0.05) is 26.2 Å². The van der Waals surface area contributed by atoms with E-state index >= 15 is 0 Å². The van der Waals surface area contributed by atoms with Crippen LogP contribution in [0, 0.1) is 0 Å². The first-order valence-corrected chi connectivity index (χ1v) is 9.89. The number of carbonyl (C=O) groups excluding carboxylic acids is 2. The Labute approximate surface area is 156 Å². The summed E-state index contributed by atoms with van der Waals surface area (Å²) in [7, 11) is 0. The summed E-state index contributed by atoms with van der Waals surface area (Å²) in [5.41, 5.74) is 0.647. The largest absolute Gasteiger partial charge is 0.381 e. The lowest BCUT2D eigenvalue weighted by Crippen LogP contribution is -2.61. The second kappa shape index (κ2) is 8.67. The molecule has 0 aromatic heterocycles. The highest BCUT2D eigenvalue weighted by molar-refractivity contribution is 5.92. The van der Waals surface area contributed by atoms with Crippen molar-refractivity contribution < 1.29 is 14.3 Å². The van der Waals surface area contributed by atoms with Gasteiger partial charge in [-0.05, 0) is 44.6 Å². The molecule has 142 valence electrons. The quantitative estimate of drug-likeness (QED) is 0.704. The molecule has 2 saturated heterocycles. The van der Waals surface area contributed by atoms with Gasteiger partial charge in [-0.25, -0.2) is 0 Å². The van der Waals surface area contributed by atoms with Crippen molar-refractivity contribution in [3.05, 3.63) is 35.9 Å². The van der Waals surface area contributed by atoms with Crippen molar-refractivity contribution in [3.63, 3.8) is 0 Å². The van der Waals surface area contributed by atoms with Crippen molar-refractivity contribution in [2.24, 2.45) is 0 Å². The van der Waals surface area contributed by atoms with Crippen molar-refractivity contribution in [1.82, 2.24) is 9.80 Å². The molecule has 1 spiro atoms. The van der Waals surface area contributed by atoms with Crippen LogP contribution in [0.15, 0.2) is 30.3 Å². The zero-order chi connectivity index (χ0) is 18.4. The average Bonchev–Trinajstić information content (AvgIpc) is 3.08. The number of likely N-dealkylation sites (tertiary alicyclic amines) is 2. The molecule has 5 nitrogen and oxygen atoms in total. The van der Waals surface area contributed by atoms with Crippen LogP contribution in [0.4, 0.5) is 0 Å². The summed E-state index contributed by atoms with van der Waals surface area (Å²) in [6.45, 7) is 5.21. The number of nitrogens with zero attached hydrogens (tertiary/aromatic N) is 2. The molecule has 5 heteroatoms. The lowest BCUT2D eigenvalue weighted by atomic mass is 9.85. The van der Waals surface area contributed by atoms with E-state index in [1.165, 1.54) is 5.56 Å². The fourth-order valence-electron chi connectivity index (χ4n) is 4.35. The maximum atomic E-state index is 13.3. The summed E-state index contributed by atoms with van der Waals surface area (Å²) in [5.74, 6) is 0.219. The second-order valence-corrected chi connectivity index (χ2v) is 7.26. The Morgan fingerprint density at radius 2 is 1.88 bits per heavy atom. The molecule has 1 aromatic rings. The fourth-order valence-corrected chi connectivity index (χ4v) is 4.35. The van der Waals surface area contributed by atoms with E-state index in [-0.39, 0.29) is 11.8 Å². The number of ether oxygens (including phenoxy) is 1. The number of hydrogen-bond donors (Lipinski definition) is 0. The minimum absolute atomic E-state index is 0.0641. The predicted octanol–water partition coefficient (Wildman–Crippen LogP) is 2.64. The van der Waals surface area contributed by atoms with E-state index in [2.05, 4.69) is 12.1 Å². The Morgan fingerprint density at radius 1 is 1.15 bits per heavy atom. The molecule has 0 saturated carbocycles. The summed E-state index contributed by atoms with van der Waals surface area (Å²) in [6, 6.07) is 10.3. The molecule has 1 aromatic carbocycles. The molecule has 26 heavy (non-hydrogen) atoms. The van der Waals surface area contributed by atoms with Gasteiger partial charge in [-0.1, -0.05) is 30.3 Å². The summed E-state index contributed by atoms with van der Waals surface area (Å²) in [4.78, 5) is 29.9. The molecular formula is C21H30N2O3. The molecule has 1 atom stereocenters. The standard InChI is InChI=1S/C21H30N2O3/c1-2-26-17-11-19(24)23-15-7-13-21(23)12-6-14-22(20(21)25)16-10-18-8-4-3-5-9-18/h3-5,8-9H,2,6-7,10-17H2,1H3. The number of hydrogen-bond acceptors (Lipinski definition) is 3. The van der Waals surface area contributed by atoms with E-state index in [1.54, 1.807) is 0 Å². The van der Waals surface area contributed by atoms with Gasteiger partial charge in [0.15, 0.2) is 0 Å². The molecule has 3 rings (SSSR count). The van der Waals surface area contributed by atoms with Crippen LogP contribution in [0.2, 0.25) is 0 Å². The third-order valence-electron chi connectivity index (χ3n) is 5.67. The Balaban J connectivity index is 1.65. The number of amides is 2. The predicted molar refractivity (Wildman–Crippen MR) is 101 cm³/mol. The molecule has 0 aliphatic carbocycles. The second-order valence-electron chi connectivity index (χ2n) is 7.26. The Kier molecular flexibility index (Phi) is 6.30. The summed E-state index contributed by atoms with van der Waals surface area (Å²) in [6.07, 6.45) is 4.71. The van der Waals surface area contributed by atoms with Crippen LogP contribution in [0.25, 0.3) is 0 Å². The molecule has 2 aliphatic heterocycles. The zero-order valence-corrected chi connectivity index (χ0v) is 15.8. The van der Waals surface area contributed by atoms with Gasteiger partial charge in [-0.2, -0.15) is 0 Å². The summed E-state index contributed by atoms with van der Waals surface area (Å²) < 4.78 is 5.33. The zero-order valence-electron chi connectivity index (χ0n) is 15.8. The lowest BCUT2D eigenvalue weighted by Gasteiger charge is -2.44. The molecule has 0 N–H and O–H groups in total. The first-order valence-electron chi connectivity index (χ1n) is 9.89. The molecule has 2 heterocycles. The van der Waals surface area contributed by atoms with E-state index in [9.17, 15) is 9.59 Å². The minimum Gasteiger partial charge on any atom is -0.381 e. The van der Waals surface area contributed by atoms with Crippen molar-refractivity contribution in [1.29, 1.82) is 0 Å². The normalized spacial score (nSPS) is 23.0. The topological polar surface area (TPSA) is 49.9 Å². The van der Waals surface area contributed by atoms with Crippen LogP contribution < -0.4 is 0 Å². The van der Waals surface area contributed by atoms with Crippen LogP contribution in [0.5, 0.6) is 0 Å². The maximum Gasteiger partial charge on any atom is 0.248 e. The summed E-state index contributed by atoms with van der Waals surface area (Å²) in [5, 5.41) is 0. The third kappa shape index (κ3) is 3.93. The van der Waals surface area contributed by atoms with Gasteiger partial charge >= 0.3 is 0 Å². The number of benzene rings is 1. The van der Waals surface area contributed by atoms with Crippen molar-refractivity contribution in [2.75, 3.05) is 32.8 Å². The number of rotatable bonds is 7. The molecule has 0 radical (unpaired) electrons. The molecule has 2 aliphatic rings. The Hall–Kier alpha value is -1.88. The Morgan fingerprint density at radius 3 is 2.62 bits per heavy atom. The number of piperidine rings is 1. The van der Waals surface area contributed by atoms with E-state index in [0.717, 1.165) is 45.2 Å². The van der Waals surface area contributed by atoms with E-state index < -0.39 is 5.54 Å². The van der Waals surface area contributed by atoms with Gasteiger partial charge < -0.3 is 14.5 Å². The molecule has 2 amide bonds. The van der Waals surface area contributed by atoms with Crippen molar-refractivity contribution >= 4 is 11.8 Å².